The second kappa shape index (κ2) is 4.63. The molecule has 2 atom stereocenters. The number of rotatable bonds is 2. The van der Waals surface area contributed by atoms with Crippen molar-refractivity contribution in [2.75, 3.05) is 13.2 Å². The molecule has 0 aromatic heterocycles. The quantitative estimate of drug-likeness (QED) is 0.808. The van der Waals surface area contributed by atoms with Gasteiger partial charge in [-0.15, -0.1) is 0 Å². The molecule has 1 N–H and O–H groups in total. The summed E-state index contributed by atoms with van der Waals surface area (Å²) in [5, 5.41) is 9.33. The van der Waals surface area contributed by atoms with Crippen LogP contribution < -0.4 is 0 Å². The molecule has 1 saturated heterocycles. The highest BCUT2D eigenvalue weighted by Gasteiger charge is 2.31. The van der Waals surface area contributed by atoms with Crippen LogP contribution in [0.1, 0.15) is 18.5 Å². The van der Waals surface area contributed by atoms with E-state index < -0.39 is 6.29 Å². The van der Waals surface area contributed by atoms with Crippen molar-refractivity contribution in [2.45, 2.75) is 19.3 Å². The third kappa shape index (κ3) is 2.08. The van der Waals surface area contributed by atoms with E-state index in [1.165, 1.54) is 0 Å². The first-order valence-electron chi connectivity index (χ1n) is 5.35. The maximum Gasteiger partial charge on any atom is 0.279 e. The minimum absolute atomic E-state index is 0.0350. The Morgan fingerprint density at radius 2 is 2.12 bits per heavy atom. The fraction of sp³-hybridized carbons (Fsp3) is 0.417. The highest BCUT2D eigenvalue weighted by molar-refractivity contribution is 5.80. The van der Waals surface area contributed by atoms with Gasteiger partial charge in [-0.2, -0.15) is 0 Å². The molecule has 0 aliphatic carbocycles. The number of aliphatic hydroxyl groups excluding tert-OH is 1. The Hall–Kier alpha value is -1.39. The Kier molecular flexibility index (Phi) is 3.22. The molecule has 2 rings (SSSR count). The summed E-state index contributed by atoms with van der Waals surface area (Å²) in [5.74, 6) is -0.359. The molecule has 0 radical (unpaired) electrons. The van der Waals surface area contributed by atoms with Crippen molar-refractivity contribution >= 4 is 5.91 Å². The lowest BCUT2D eigenvalue weighted by molar-refractivity contribution is -0.186. The Balaban J connectivity index is 2.15. The number of benzene rings is 1. The summed E-state index contributed by atoms with van der Waals surface area (Å²) in [5.41, 5.74) is 1.06. The first-order chi connectivity index (χ1) is 7.70. The molecular weight excluding hydrogens is 206 g/mol. The molecule has 1 aromatic carbocycles. The van der Waals surface area contributed by atoms with Crippen LogP contribution >= 0.6 is 0 Å². The van der Waals surface area contributed by atoms with E-state index in [4.69, 9.17) is 4.74 Å². The molecule has 0 bridgehead atoms. The highest BCUT2D eigenvalue weighted by atomic mass is 16.6. The van der Waals surface area contributed by atoms with Crippen LogP contribution in [-0.2, 0) is 9.53 Å². The number of amides is 1. The third-order valence-electron chi connectivity index (χ3n) is 2.85. The predicted molar refractivity (Wildman–Crippen MR) is 58.5 cm³/mol. The number of carbonyl (C=O) groups excluding carboxylic acids is 1. The first-order valence-corrected chi connectivity index (χ1v) is 5.35. The Labute approximate surface area is 94.4 Å². The van der Waals surface area contributed by atoms with Crippen molar-refractivity contribution in [1.82, 2.24) is 4.90 Å². The van der Waals surface area contributed by atoms with Gasteiger partial charge in [0.15, 0.2) is 0 Å². The molecule has 1 heterocycles. The van der Waals surface area contributed by atoms with Gasteiger partial charge >= 0.3 is 0 Å². The molecule has 0 spiro atoms. The fourth-order valence-electron chi connectivity index (χ4n) is 1.88. The summed E-state index contributed by atoms with van der Waals surface area (Å²) in [6, 6.07) is 9.72. The topological polar surface area (TPSA) is 49.8 Å². The zero-order valence-electron chi connectivity index (χ0n) is 9.17. The van der Waals surface area contributed by atoms with Gasteiger partial charge in [-0.05, 0) is 12.5 Å². The summed E-state index contributed by atoms with van der Waals surface area (Å²) in [4.78, 5) is 13.3. The lowest BCUT2D eigenvalue weighted by atomic mass is 10.1. The molecule has 1 fully saturated rings. The highest BCUT2D eigenvalue weighted by Crippen LogP contribution is 2.22. The van der Waals surface area contributed by atoms with E-state index in [1.54, 1.807) is 4.90 Å². The van der Waals surface area contributed by atoms with E-state index >= 15 is 0 Å². The van der Waals surface area contributed by atoms with Crippen LogP contribution in [0.4, 0.5) is 0 Å². The second-order valence-electron chi connectivity index (χ2n) is 3.84. The van der Waals surface area contributed by atoms with Gasteiger partial charge in [0.05, 0.1) is 12.6 Å². The lowest BCUT2D eigenvalue weighted by Gasteiger charge is -2.34. The van der Waals surface area contributed by atoms with Crippen LogP contribution in [-0.4, -0.2) is 35.4 Å². The Morgan fingerprint density at radius 3 is 2.81 bits per heavy atom. The number of nitrogens with zero attached hydrogens (tertiary/aromatic N) is 1. The monoisotopic (exact) mass is 221 g/mol. The summed E-state index contributed by atoms with van der Waals surface area (Å²) in [6.45, 7) is 2.85. The molecule has 1 amide bonds. The van der Waals surface area contributed by atoms with Gasteiger partial charge in [0.25, 0.3) is 5.91 Å². The molecule has 86 valence electrons. The zero-order chi connectivity index (χ0) is 11.5. The predicted octanol–water partition coefficient (Wildman–Crippen LogP) is 0.925. The number of ether oxygens (including phenoxy) is 1. The summed E-state index contributed by atoms with van der Waals surface area (Å²) < 4.78 is 4.87. The maximum atomic E-state index is 11.7. The Morgan fingerprint density at radius 1 is 1.44 bits per heavy atom. The van der Waals surface area contributed by atoms with Crippen molar-refractivity contribution in [1.29, 1.82) is 0 Å². The molecule has 1 aromatic rings. The summed E-state index contributed by atoms with van der Waals surface area (Å²) in [6.07, 6.45) is -1.31. The van der Waals surface area contributed by atoms with Crippen molar-refractivity contribution in [3.05, 3.63) is 35.9 Å². The van der Waals surface area contributed by atoms with Crippen LogP contribution in [0.25, 0.3) is 0 Å². The van der Waals surface area contributed by atoms with Gasteiger partial charge < -0.3 is 14.7 Å². The van der Waals surface area contributed by atoms with Crippen molar-refractivity contribution in [3.8, 4) is 0 Å². The van der Waals surface area contributed by atoms with Crippen LogP contribution in [0.2, 0.25) is 0 Å². The van der Waals surface area contributed by atoms with E-state index in [-0.39, 0.29) is 11.9 Å². The van der Waals surface area contributed by atoms with Crippen LogP contribution in [0.15, 0.2) is 30.3 Å². The average Bonchev–Trinajstić information content (AvgIpc) is 2.33. The van der Waals surface area contributed by atoms with Gasteiger partial charge in [-0.25, -0.2) is 0 Å². The van der Waals surface area contributed by atoms with Crippen molar-refractivity contribution in [3.63, 3.8) is 0 Å². The van der Waals surface area contributed by atoms with E-state index in [0.29, 0.717) is 13.2 Å². The number of hydrogen-bond donors (Lipinski definition) is 1. The van der Waals surface area contributed by atoms with E-state index in [0.717, 1.165) is 5.56 Å². The molecule has 0 saturated carbocycles. The normalized spacial score (nSPS) is 23.2. The lowest BCUT2D eigenvalue weighted by Crippen LogP contribution is -2.48. The Bertz CT molecular complexity index is 366. The van der Waals surface area contributed by atoms with Crippen molar-refractivity contribution in [2.24, 2.45) is 0 Å². The maximum absolute atomic E-state index is 11.7. The van der Waals surface area contributed by atoms with Crippen LogP contribution in [0.5, 0.6) is 0 Å². The molecule has 1 aliphatic rings. The van der Waals surface area contributed by atoms with Gasteiger partial charge in [-0.1, -0.05) is 30.3 Å². The number of aliphatic hydroxyl groups is 1. The van der Waals surface area contributed by atoms with E-state index in [2.05, 4.69) is 0 Å². The van der Waals surface area contributed by atoms with Gasteiger partial charge in [-0.3, -0.25) is 4.79 Å². The molecule has 1 unspecified atom stereocenters. The molecule has 16 heavy (non-hydrogen) atoms. The van der Waals surface area contributed by atoms with Gasteiger partial charge in [0.1, 0.15) is 0 Å². The van der Waals surface area contributed by atoms with Crippen molar-refractivity contribution < 1.29 is 14.6 Å². The van der Waals surface area contributed by atoms with Gasteiger partial charge in [0.2, 0.25) is 6.29 Å². The van der Waals surface area contributed by atoms with Crippen LogP contribution in [0, 0.1) is 0 Å². The third-order valence-corrected chi connectivity index (χ3v) is 2.85. The van der Waals surface area contributed by atoms with Crippen LogP contribution in [0.3, 0.4) is 0 Å². The molecule has 4 heteroatoms. The first kappa shape index (κ1) is 11.1. The molecule has 4 nitrogen and oxygen atoms in total. The number of carbonyl (C=O) groups is 1. The van der Waals surface area contributed by atoms with E-state index in [9.17, 15) is 9.90 Å². The SMILES string of the molecule is C[C@H](c1ccccc1)N1CCOC(O)C1=O. The molecular formula is C12H15NO3. The van der Waals surface area contributed by atoms with Gasteiger partial charge in [0, 0.05) is 6.54 Å². The number of hydrogen-bond acceptors (Lipinski definition) is 3. The summed E-state index contributed by atoms with van der Waals surface area (Å²) >= 11 is 0. The minimum atomic E-state index is -1.31. The summed E-state index contributed by atoms with van der Waals surface area (Å²) in [7, 11) is 0. The van der Waals surface area contributed by atoms with E-state index in [1.807, 2.05) is 37.3 Å². The molecule has 1 aliphatic heterocycles. The fourth-order valence-corrected chi connectivity index (χ4v) is 1.88. The second-order valence-corrected chi connectivity index (χ2v) is 3.84. The zero-order valence-corrected chi connectivity index (χ0v) is 9.17. The minimum Gasteiger partial charge on any atom is -0.361 e. The average molecular weight is 221 g/mol. The number of morpholine rings is 1. The smallest absolute Gasteiger partial charge is 0.279 e. The largest absolute Gasteiger partial charge is 0.361 e. The standard InChI is InChI=1S/C12H15NO3/c1-9(10-5-3-2-4-6-10)13-7-8-16-12(15)11(13)14/h2-6,9,12,15H,7-8H2,1H3/t9-,12?/m1/s1.